The summed E-state index contributed by atoms with van der Waals surface area (Å²) in [5.41, 5.74) is 1.62. The monoisotopic (exact) mass is 208 g/mol. The summed E-state index contributed by atoms with van der Waals surface area (Å²) in [7, 11) is 0. The minimum atomic E-state index is -0.679. The molecule has 0 radical (unpaired) electrons. The number of aryl methyl sites for hydroxylation is 1. The Bertz CT molecular complexity index is 376. The van der Waals surface area contributed by atoms with Crippen LogP contribution in [-0.2, 0) is 0 Å². The number of hydrogen-bond donors (Lipinski definition) is 1. The van der Waals surface area contributed by atoms with Gasteiger partial charge in [0.25, 0.3) is 0 Å². The van der Waals surface area contributed by atoms with E-state index in [4.69, 9.17) is 5.26 Å². The largest absolute Gasteiger partial charge is 0.388 e. The lowest BCUT2D eigenvalue weighted by molar-refractivity contribution is 0.217. The van der Waals surface area contributed by atoms with Gasteiger partial charge in [-0.15, -0.1) is 11.3 Å². The quantitative estimate of drug-likeness (QED) is 0.827. The SMILES string of the molecule is C/C(=C\c1csc(C)n1)[C@@H](O)CC#N. The standard InChI is InChI=1S/C10H12N2OS/c1-7(10(13)3-4-11)5-9-6-14-8(2)12-9/h5-6,10,13H,3H2,1-2H3/b7-5+/t10-/m0/s1. The molecule has 1 N–H and O–H groups in total. The van der Waals surface area contributed by atoms with E-state index in [0.717, 1.165) is 16.3 Å². The van der Waals surface area contributed by atoms with Crippen LogP contribution in [0.1, 0.15) is 24.0 Å². The van der Waals surface area contributed by atoms with Gasteiger partial charge in [-0.05, 0) is 25.5 Å². The number of aliphatic hydroxyl groups excluding tert-OH is 1. The third kappa shape index (κ3) is 2.95. The van der Waals surface area contributed by atoms with E-state index < -0.39 is 6.10 Å². The van der Waals surface area contributed by atoms with Crippen molar-refractivity contribution < 1.29 is 5.11 Å². The van der Waals surface area contributed by atoms with E-state index in [9.17, 15) is 5.11 Å². The van der Waals surface area contributed by atoms with Gasteiger partial charge in [0.05, 0.1) is 29.3 Å². The minimum Gasteiger partial charge on any atom is -0.388 e. The van der Waals surface area contributed by atoms with Gasteiger partial charge in [0.2, 0.25) is 0 Å². The molecule has 1 aromatic heterocycles. The van der Waals surface area contributed by atoms with E-state index in [1.54, 1.807) is 18.3 Å². The number of aliphatic hydroxyl groups is 1. The lowest BCUT2D eigenvalue weighted by Gasteiger charge is -2.05. The molecule has 0 unspecified atom stereocenters. The number of thiazole rings is 1. The first-order valence-corrected chi connectivity index (χ1v) is 5.17. The highest BCUT2D eigenvalue weighted by atomic mass is 32.1. The summed E-state index contributed by atoms with van der Waals surface area (Å²) in [5, 5.41) is 20.8. The van der Waals surface area contributed by atoms with Crippen LogP contribution in [0.3, 0.4) is 0 Å². The molecule has 1 aromatic rings. The predicted molar refractivity (Wildman–Crippen MR) is 56.7 cm³/mol. The smallest absolute Gasteiger partial charge is 0.0901 e. The predicted octanol–water partition coefficient (Wildman–Crippen LogP) is 2.13. The molecular formula is C10H12N2OS. The minimum absolute atomic E-state index is 0.130. The second-order valence-corrected chi connectivity index (χ2v) is 4.12. The van der Waals surface area contributed by atoms with Crippen LogP contribution in [0.5, 0.6) is 0 Å². The van der Waals surface area contributed by atoms with Gasteiger partial charge in [-0.2, -0.15) is 5.26 Å². The van der Waals surface area contributed by atoms with E-state index in [2.05, 4.69) is 4.98 Å². The molecule has 1 atom stereocenters. The molecule has 0 amide bonds. The fraction of sp³-hybridized carbons (Fsp3) is 0.400. The summed E-state index contributed by atoms with van der Waals surface area (Å²) in [4.78, 5) is 4.24. The number of aromatic nitrogens is 1. The third-order valence-electron chi connectivity index (χ3n) is 1.82. The fourth-order valence-electron chi connectivity index (χ4n) is 1.02. The lowest BCUT2D eigenvalue weighted by Crippen LogP contribution is -2.06. The number of nitriles is 1. The molecule has 1 heterocycles. The maximum absolute atomic E-state index is 9.47. The Morgan fingerprint density at radius 1 is 1.86 bits per heavy atom. The Morgan fingerprint density at radius 2 is 2.57 bits per heavy atom. The average molecular weight is 208 g/mol. The van der Waals surface area contributed by atoms with Crippen LogP contribution in [-0.4, -0.2) is 16.2 Å². The van der Waals surface area contributed by atoms with Gasteiger partial charge in [0, 0.05) is 5.38 Å². The average Bonchev–Trinajstić information content (AvgIpc) is 2.51. The van der Waals surface area contributed by atoms with Crippen molar-refractivity contribution in [2.75, 3.05) is 0 Å². The number of rotatable bonds is 3. The molecule has 0 aliphatic rings. The topological polar surface area (TPSA) is 56.9 Å². The first-order chi connectivity index (χ1) is 6.63. The van der Waals surface area contributed by atoms with Crippen LogP contribution in [0.15, 0.2) is 11.0 Å². The van der Waals surface area contributed by atoms with Crippen molar-refractivity contribution in [3.63, 3.8) is 0 Å². The van der Waals surface area contributed by atoms with E-state index in [0.29, 0.717) is 0 Å². The van der Waals surface area contributed by atoms with E-state index in [1.807, 2.05) is 24.4 Å². The first kappa shape index (κ1) is 10.9. The summed E-state index contributed by atoms with van der Waals surface area (Å²) in [6.45, 7) is 3.74. The van der Waals surface area contributed by atoms with Gasteiger partial charge in [-0.1, -0.05) is 0 Å². The van der Waals surface area contributed by atoms with Gasteiger partial charge in [-0.25, -0.2) is 4.98 Å². The van der Waals surface area contributed by atoms with Crippen LogP contribution in [0.4, 0.5) is 0 Å². The highest BCUT2D eigenvalue weighted by Crippen LogP contribution is 2.14. The van der Waals surface area contributed by atoms with Crippen molar-refractivity contribution in [2.45, 2.75) is 26.4 Å². The van der Waals surface area contributed by atoms with Gasteiger partial charge >= 0.3 is 0 Å². The van der Waals surface area contributed by atoms with Crippen LogP contribution < -0.4 is 0 Å². The molecule has 0 spiro atoms. The summed E-state index contributed by atoms with van der Waals surface area (Å²) < 4.78 is 0. The molecule has 0 fully saturated rings. The first-order valence-electron chi connectivity index (χ1n) is 4.29. The summed E-state index contributed by atoms with van der Waals surface area (Å²) in [6, 6.07) is 1.93. The van der Waals surface area contributed by atoms with Crippen molar-refractivity contribution >= 4 is 17.4 Å². The second-order valence-electron chi connectivity index (χ2n) is 3.06. The maximum Gasteiger partial charge on any atom is 0.0901 e. The van der Waals surface area contributed by atoms with Crippen molar-refractivity contribution in [1.82, 2.24) is 4.98 Å². The Labute approximate surface area is 87.3 Å². The summed E-state index contributed by atoms with van der Waals surface area (Å²) in [5.74, 6) is 0. The second kappa shape index (κ2) is 4.89. The van der Waals surface area contributed by atoms with Gasteiger partial charge < -0.3 is 5.11 Å². The van der Waals surface area contributed by atoms with Crippen LogP contribution in [0.25, 0.3) is 6.08 Å². The molecule has 0 saturated heterocycles. The molecule has 14 heavy (non-hydrogen) atoms. The highest BCUT2D eigenvalue weighted by Gasteiger charge is 2.05. The molecule has 1 rings (SSSR count). The van der Waals surface area contributed by atoms with E-state index in [1.165, 1.54) is 0 Å². The van der Waals surface area contributed by atoms with Crippen molar-refractivity contribution in [2.24, 2.45) is 0 Å². The van der Waals surface area contributed by atoms with Gasteiger partial charge in [-0.3, -0.25) is 0 Å². The number of nitrogens with zero attached hydrogens (tertiary/aromatic N) is 2. The summed E-state index contributed by atoms with van der Waals surface area (Å²) in [6.07, 6.45) is 1.26. The Morgan fingerprint density at radius 3 is 3.07 bits per heavy atom. The normalized spacial score (nSPS) is 13.7. The fourth-order valence-corrected chi connectivity index (χ4v) is 1.59. The van der Waals surface area contributed by atoms with Gasteiger partial charge in [0.1, 0.15) is 0 Å². The third-order valence-corrected chi connectivity index (χ3v) is 2.61. The Kier molecular flexibility index (Phi) is 3.81. The van der Waals surface area contributed by atoms with Crippen molar-refractivity contribution in [1.29, 1.82) is 5.26 Å². The molecule has 74 valence electrons. The van der Waals surface area contributed by atoms with Crippen molar-refractivity contribution in [3.8, 4) is 6.07 Å². The lowest BCUT2D eigenvalue weighted by atomic mass is 10.1. The van der Waals surface area contributed by atoms with E-state index in [-0.39, 0.29) is 6.42 Å². The Balaban J connectivity index is 2.73. The maximum atomic E-state index is 9.47. The Hall–Kier alpha value is -1.18. The van der Waals surface area contributed by atoms with E-state index >= 15 is 0 Å². The molecule has 3 nitrogen and oxygen atoms in total. The van der Waals surface area contributed by atoms with Gasteiger partial charge in [0.15, 0.2) is 0 Å². The molecule has 0 aromatic carbocycles. The number of hydrogen-bond acceptors (Lipinski definition) is 4. The molecule has 0 aliphatic carbocycles. The van der Waals surface area contributed by atoms with Crippen LogP contribution in [0, 0.1) is 18.3 Å². The van der Waals surface area contributed by atoms with Crippen LogP contribution >= 0.6 is 11.3 Å². The zero-order chi connectivity index (χ0) is 10.6. The zero-order valence-electron chi connectivity index (χ0n) is 8.19. The molecule has 0 aliphatic heterocycles. The molecule has 4 heteroatoms. The molecule has 0 saturated carbocycles. The molecular weight excluding hydrogens is 196 g/mol. The highest BCUT2D eigenvalue weighted by molar-refractivity contribution is 7.09. The zero-order valence-corrected chi connectivity index (χ0v) is 9.01. The molecule has 0 bridgehead atoms. The summed E-state index contributed by atoms with van der Waals surface area (Å²) >= 11 is 1.57. The van der Waals surface area contributed by atoms with Crippen molar-refractivity contribution in [3.05, 3.63) is 21.7 Å². The van der Waals surface area contributed by atoms with Crippen LogP contribution in [0.2, 0.25) is 0 Å².